The number of carbonyl (C=O) groups excluding carboxylic acids is 1. The number of imidazole rings is 1. The van der Waals surface area contributed by atoms with Crippen LogP contribution in [-0.4, -0.2) is 51.5 Å². The summed E-state index contributed by atoms with van der Waals surface area (Å²) in [5.74, 6) is 0.147. The fourth-order valence-corrected chi connectivity index (χ4v) is 3.40. The Morgan fingerprint density at radius 3 is 2.48 bits per heavy atom. The number of phenols is 1. The maximum atomic E-state index is 12.9. The van der Waals surface area contributed by atoms with Gasteiger partial charge in [-0.15, -0.1) is 0 Å². The molecule has 7 heteroatoms. The number of halogens is 1. The van der Waals surface area contributed by atoms with Gasteiger partial charge < -0.3 is 14.9 Å². The zero-order valence-corrected chi connectivity index (χ0v) is 14.2. The van der Waals surface area contributed by atoms with Crippen molar-refractivity contribution in [3.63, 3.8) is 0 Å². The van der Waals surface area contributed by atoms with E-state index in [-0.39, 0.29) is 16.8 Å². The van der Waals surface area contributed by atoms with Gasteiger partial charge >= 0.3 is 0 Å². The second kappa shape index (κ2) is 6.29. The highest BCUT2D eigenvalue weighted by molar-refractivity contribution is 6.32. The van der Waals surface area contributed by atoms with Crippen LogP contribution in [0.3, 0.4) is 0 Å². The van der Waals surface area contributed by atoms with E-state index in [1.165, 1.54) is 0 Å². The smallest absolute Gasteiger partial charge is 0.274 e. The fraction of sp³-hybridized carbons (Fsp3) is 0.222. The first-order valence-corrected chi connectivity index (χ1v) is 8.47. The average Bonchev–Trinajstić information content (AvgIpc) is 2.97. The standard InChI is InChI=1S/C18H17ClN4O2/c19-17-16(23-8-2-1-3-15(23)20-17)18(25)22-11-9-21(10-12-22)13-4-6-14(24)7-5-13/h1-8,24H,9-12H2. The van der Waals surface area contributed by atoms with Gasteiger partial charge in [0.15, 0.2) is 10.8 Å². The molecule has 4 rings (SSSR count). The lowest BCUT2D eigenvalue weighted by Crippen LogP contribution is -2.49. The van der Waals surface area contributed by atoms with E-state index in [0.717, 1.165) is 18.8 Å². The van der Waals surface area contributed by atoms with Crippen molar-refractivity contribution in [2.45, 2.75) is 0 Å². The Bertz CT molecular complexity index is 914. The summed E-state index contributed by atoms with van der Waals surface area (Å²) in [6.07, 6.45) is 1.80. The number of hydrogen-bond donors (Lipinski definition) is 1. The molecule has 1 aliphatic rings. The van der Waals surface area contributed by atoms with E-state index >= 15 is 0 Å². The molecule has 0 atom stereocenters. The van der Waals surface area contributed by atoms with E-state index in [2.05, 4.69) is 9.88 Å². The molecule has 1 N–H and O–H groups in total. The molecule has 0 unspecified atom stereocenters. The van der Waals surface area contributed by atoms with Crippen LogP contribution >= 0.6 is 11.6 Å². The van der Waals surface area contributed by atoms with Gasteiger partial charge in [-0.1, -0.05) is 17.7 Å². The minimum atomic E-state index is -0.103. The van der Waals surface area contributed by atoms with E-state index in [1.807, 2.05) is 30.3 Å². The van der Waals surface area contributed by atoms with Crippen LogP contribution in [0.25, 0.3) is 5.65 Å². The summed E-state index contributed by atoms with van der Waals surface area (Å²) in [7, 11) is 0. The molecule has 0 bridgehead atoms. The van der Waals surface area contributed by atoms with Gasteiger partial charge in [0.05, 0.1) is 0 Å². The molecule has 0 radical (unpaired) electrons. The quantitative estimate of drug-likeness (QED) is 0.767. The normalized spacial score (nSPS) is 14.9. The third-order valence-electron chi connectivity index (χ3n) is 4.47. The number of rotatable bonds is 2. The van der Waals surface area contributed by atoms with Gasteiger partial charge in [-0.05, 0) is 36.4 Å². The Labute approximate surface area is 149 Å². The lowest BCUT2D eigenvalue weighted by atomic mass is 10.2. The molecule has 1 amide bonds. The Hall–Kier alpha value is -2.73. The first-order valence-electron chi connectivity index (χ1n) is 8.09. The van der Waals surface area contributed by atoms with Gasteiger partial charge in [0.25, 0.3) is 5.91 Å². The van der Waals surface area contributed by atoms with Crippen LogP contribution in [0.2, 0.25) is 5.15 Å². The third kappa shape index (κ3) is 2.89. The number of pyridine rings is 1. The number of fused-ring (bicyclic) bond motifs is 1. The molecule has 2 aromatic heterocycles. The number of carbonyl (C=O) groups is 1. The summed E-state index contributed by atoms with van der Waals surface area (Å²) >= 11 is 6.21. The van der Waals surface area contributed by atoms with Crippen molar-refractivity contribution in [2.75, 3.05) is 31.1 Å². The molecule has 1 saturated heterocycles. The van der Waals surface area contributed by atoms with E-state index in [9.17, 15) is 9.90 Å². The maximum absolute atomic E-state index is 12.9. The Kier molecular flexibility index (Phi) is 3.97. The second-order valence-corrected chi connectivity index (χ2v) is 6.33. The number of amides is 1. The number of piperazine rings is 1. The molecule has 0 aliphatic carbocycles. The van der Waals surface area contributed by atoms with E-state index < -0.39 is 0 Å². The number of nitrogens with zero attached hydrogens (tertiary/aromatic N) is 4. The molecule has 0 spiro atoms. The van der Waals surface area contributed by atoms with Gasteiger partial charge in [-0.3, -0.25) is 9.20 Å². The van der Waals surface area contributed by atoms with Gasteiger partial charge in [-0.25, -0.2) is 4.98 Å². The Morgan fingerprint density at radius 2 is 1.76 bits per heavy atom. The molecule has 25 heavy (non-hydrogen) atoms. The highest BCUT2D eigenvalue weighted by Gasteiger charge is 2.26. The summed E-state index contributed by atoms with van der Waals surface area (Å²) in [5, 5.41) is 9.63. The minimum Gasteiger partial charge on any atom is -0.508 e. The molecule has 1 aliphatic heterocycles. The van der Waals surface area contributed by atoms with Crippen molar-refractivity contribution in [3.8, 4) is 5.75 Å². The van der Waals surface area contributed by atoms with Crippen LogP contribution in [0.5, 0.6) is 5.75 Å². The summed E-state index contributed by atoms with van der Waals surface area (Å²) in [4.78, 5) is 21.2. The number of aromatic nitrogens is 2. The summed E-state index contributed by atoms with van der Waals surface area (Å²) < 4.78 is 1.73. The first kappa shape index (κ1) is 15.8. The molecular formula is C18H17ClN4O2. The number of hydrogen-bond acceptors (Lipinski definition) is 4. The number of aromatic hydroxyl groups is 1. The van der Waals surface area contributed by atoms with Crippen LogP contribution in [0.1, 0.15) is 10.5 Å². The summed E-state index contributed by atoms with van der Waals surface area (Å²) in [6.45, 7) is 2.67. The molecule has 3 heterocycles. The monoisotopic (exact) mass is 356 g/mol. The van der Waals surface area contributed by atoms with E-state index in [0.29, 0.717) is 24.4 Å². The zero-order chi connectivity index (χ0) is 17.4. The van der Waals surface area contributed by atoms with Gasteiger partial charge in [0.2, 0.25) is 0 Å². The van der Waals surface area contributed by atoms with Crippen molar-refractivity contribution in [1.82, 2.24) is 14.3 Å². The lowest BCUT2D eigenvalue weighted by Gasteiger charge is -2.36. The number of benzene rings is 1. The highest BCUT2D eigenvalue weighted by Crippen LogP contribution is 2.23. The van der Waals surface area contributed by atoms with Crippen molar-refractivity contribution in [1.29, 1.82) is 0 Å². The molecule has 6 nitrogen and oxygen atoms in total. The van der Waals surface area contributed by atoms with Crippen molar-refractivity contribution in [3.05, 3.63) is 59.5 Å². The van der Waals surface area contributed by atoms with Crippen molar-refractivity contribution in [2.24, 2.45) is 0 Å². The van der Waals surface area contributed by atoms with Crippen LogP contribution in [0, 0.1) is 0 Å². The summed E-state index contributed by atoms with van der Waals surface area (Å²) in [5.41, 5.74) is 2.12. The molecule has 1 fully saturated rings. The van der Waals surface area contributed by atoms with Crippen LogP contribution in [-0.2, 0) is 0 Å². The Morgan fingerprint density at radius 1 is 1.04 bits per heavy atom. The van der Waals surface area contributed by atoms with Crippen molar-refractivity contribution >= 4 is 28.8 Å². The van der Waals surface area contributed by atoms with Gasteiger partial charge in [0, 0.05) is 38.1 Å². The molecular weight excluding hydrogens is 340 g/mol. The lowest BCUT2D eigenvalue weighted by molar-refractivity contribution is 0.0740. The van der Waals surface area contributed by atoms with Crippen molar-refractivity contribution < 1.29 is 9.90 Å². The van der Waals surface area contributed by atoms with Crippen LogP contribution in [0.4, 0.5) is 5.69 Å². The number of phenolic OH excluding ortho intramolecular Hbond substituents is 1. The summed E-state index contributed by atoms with van der Waals surface area (Å²) in [6, 6.07) is 12.7. The van der Waals surface area contributed by atoms with Crippen LogP contribution in [0.15, 0.2) is 48.7 Å². The largest absolute Gasteiger partial charge is 0.508 e. The van der Waals surface area contributed by atoms with Gasteiger partial charge in [-0.2, -0.15) is 0 Å². The van der Waals surface area contributed by atoms with E-state index in [4.69, 9.17) is 11.6 Å². The Balaban J connectivity index is 1.51. The molecule has 1 aromatic carbocycles. The second-order valence-electron chi connectivity index (χ2n) is 5.98. The first-order chi connectivity index (χ1) is 12.1. The van der Waals surface area contributed by atoms with Gasteiger partial charge in [0.1, 0.15) is 11.4 Å². The predicted molar refractivity (Wildman–Crippen MR) is 96.4 cm³/mol. The van der Waals surface area contributed by atoms with E-state index in [1.54, 1.807) is 27.6 Å². The molecule has 128 valence electrons. The maximum Gasteiger partial charge on any atom is 0.274 e. The minimum absolute atomic E-state index is 0.103. The topological polar surface area (TPSA) is 61.1 Å². The number of anilines is 1. The average molecular weight is 357 g/mol. The predicted octanol–water partition coefficient (Wildman–Crippen LogP) is 2.66. The molecule has 3 aromatic rings. The SMILES string of the molecule is O=C(c1c(Cl)nc2ccccn12)N1CCN(c2ccc(O)cc2)CC1. The fourth-order valence-electron chi connectivity index (χ4n) is 3.14. The zero-order valence-electron chi connectivity index (χ0n) is 13.5. The van der Waals surface area contributed by atoms with Crippen LogP contribution < -0.4 is 4.90 Å². The highest BCUT2D eigenvalue weighted by atomic mass is 35.5. The third-order valence-corrected chi connectivity index (χ3v) is 4.74. The molecule has 0 saturated carbocycles.